The molecule has 2 N–H and O–H groups in total. The highest BCUT2D eigenvalue weighted by Crippen LogP contribution is 2.21. The maximum atomic E-state index is 10.4. The van der Waals surface area contributed by atoms with Gasteiger partial charge in [-0.3, -0.25) is 0 Å². The molecule has 0 radical (unpaired) electrons. The third-order valence-electron chi connectivity index (χ3n) is 3.56. The maximum Gasteiger partial charge on any atom is 0.125 e. The second-order valence-corrected chi connectivity index (χ2v) is 5.43. The van der Waals surface area contributed by atoms with E-state index in [4.69, 9.17) is 17.0 Å². The van der Waals surface area contributed by atoms with Gasteiger partial charge in [0.15, 0.2) is 0 Å². The first-order valence-electron chi connectivity index (χ1n) is 6.97. The first-order valence-corrected chi connectivity index (χ1v) is 7.38. The number of ether oxygens (including phenoxy) is 1. The van der Waals surface area contributed by atoms with Gasteiger partial charge in [-0.1, -0.05) is 36.5 Å². The topological polar surface area (TPSA) is 58.1 Å². The number of aliphatic hydroxyl groups excluding tert-OH is 1. The molecule has 22 heavy (non-hydrogen) atoms. The van der Waals surface area contributed by atoms with Crippen molar-refractivity contribution in [2.75, 3.05) is 7.11 Å². The number of aliphatic hydroxyl groups is 1. The predicted octanol–water partition coefficient (Wildman–Crippen LogP) is 3.58. The van der Waals surface area contributed by atoms with Gasteiger partial charge in [-0.25, -0.2) is 4.98 Å². The Morgan fingerprint density at radius 1 is 1.18 bits per heavy atom. The summed E-state index contributed by atoms with van der Waals surface area (Å²) in [5, 5.41) is 10.4. The molecule has 112 valence electrons. The molecule has 3 rings (SSSR count). The lowest BCUT2D eigenvalue weighted by molar-refractivity contribution is 0.177. The number of aromatic amines is 1. The van der Waals surface area contributed by atoms with Gasteiger partial charge in [0.05, 0.1) is 29.9 Å². The first kappa shape index (κ1) is 14.7. The third-order valence-corrected chi connectivity index (χ3v) is 3.89. The van der Waals surface area contributed by atoms with Crippen molar-refractivity contribution in [2.24, 2.45) is 0 Å². The molecular formula is C17H16N2O2S. The average molecular weight is 312 g/mol. The molecule has 0 fully saturated rings. The SMILES string of the molecule is COc1ccc(C(O)Cc2nc3ccccc3[nH]c2=S)cc1. The minimum atomic E-state index is -0.658. The summed E-state index contributed by atoms with van der Waals surface area (Å²) in [6, 6.07) is 15.1. The Balaban J connectivity index is 1.88. The van der Waals surface area contributed by atoms with Crippen LogP contribution in [0.5, 0.6) is 5.75 Å². The summed E-state index contributed by atoms with van der Waals surface area (Å²) in [6.07, 6.45) is -0.290. The van der Waals surface area contributed by atoms with Crippen molar-refractivity contribution in [3.05, 3.63) is 64.4 Å². The van der Waals surface area contributed by atoms with Gasteiger partial charge in [-0.2, -0.15) is 0 Å². The van der Waals surface area contributed by atoms with Gasteiger partial charge in [0.1, 0.15) is 10.4 Å². The molecule has 0 saturated heterocycles. The Morgan fingerprint density at radius 3 is 2.64 bits per heavy atom. The lowest BCUT2D eigenvalue weighted by Gasteiger charge is -2.12. The van der Waals surface area contributed by atoms with Crippen LogP contribution in [0.2, 0.25) is 0 Å². The number of methoxy groups -OCH3 is 1. The molecule has 0 bridgehead atoms. The van der Waals surface area contributed by atoms with Crippen LogP contribution < -0.4 is 4.74 Å². The van der Waals surface area contributed by atoms with E-state index in [2.05, 4.69) is 9.97 Å². The van der Waals surface area contributed by atoms with E-state index in [9.17, 15) is 5.11 Å². The second kappa shape index (κ2) is 6.25. The zero-order valence-corrected chi connectivity index (χ0v) is 12.9. The molecule has 5 heteroatoms. The van der Waals surface area contributed by atoms with Crippen LogP contribution >= 0.6 is 12.2 Å². The van der Waals surface area contributed by atoms with Crippen molar-refractivity contribution in [2.45, 2.75) is 12.5 Å². The number of rotatable bonds is 4. The van der Waals surface area contributed by atoms with Crippen LogP contribution in [0.15, 0.2) is 48.5 Å². The molecule has 4 nitrogen and oxygen atoms in total. The Hall–Kier alpha value is -2.24. The summed E-state index contributed by atoms with van der Waals surface area (Å²) in [5.74, 6) is 0.761. The van der Waals surface area contributed by atoms with E-state index in [0.717, 1.165) is 22.3 Å². The number of hydrogen-bond donors (Lipinski definition) is 2. The van der Waals surface area contributed by atoms with Gasteiger partial charge in [-0.05, 0) is 29.8 Å². The van der Waals surface area contributed by atoms with Crippen molar-refractivity contribution in [3.63, 3.8) is 0 Å². The third kappa shape index (κ3) is 3.00. The number of nitrogens with one attached hydrogen (secondary N) is 1. The predicted molar refractivity (Wildman–Crippen MR) is 88.6 cm³/mol. The molecule has 0 amide bonds. The fourth-order valence-corrected chi connectivity index (χ4v) is 2.57. The molecule has 0 aliphatic rings. The van der Waals surface area contributed by atoms with E-state index in [0.29, 0.717) is 16.8 Å². The number of nitrogens with zero attached hydrogens (tertiary/aromatic N) is 1. The van der Waals surface area contributed by atoms with Crippen molar-refractivity contribution in [3.8, 4) is 5.75 Å². The molecule has 0 saturated carbocycles. The zero-order chi connectivity index (χ0) is 15.5. The van der Waals surface area contributed by atoms with E-state index in [1.54, 1.807) is 7.11 Å². The summed E-state index contributed by atoms with van der Waals surface area (Å²) in [5.41, 5.74) is 3.24. The van der Waals surface area contributed by atoms with Crippen molar-refractivity contribution in [1.82, 2.24) is 9.97 Å². The van der Waals surface area contributed by atoms with Crippen LogP contribution in [0, 0.1) is 4.64 Å². The van der Waals surface area contributed by atoms with Gasteiger partial charge >= 0.3 is 0 Å². The summed E-state index contributed by atoms with van der Waals surface area (Å²) >= 11 is 5.34. The Kier molecular flexibility index (Phi) is 4.18. The molecule has 3 aromatic rings. The Morgan fingerprint density at radius 2 is 1.91 bits per heavy atom. The van der Waals surface area contributed by atoms with Crippen molar-refractivity contribution in [1.29, 1.82) is 0 Å². The van der Waals surface area contributed by atoms with Crippen molar-refractivity contribution >= 4 is 23.3 Å². The second-order valence-electron chi connectivity index (χ2n) is 5.02. The summed E-state index contributed by atoms with van der Waals surface area (Å²) < 4.78 is 5.68. The zero-order valence-electron chi connectivity index (χ0n) is 12.1. The van der Waals surface area contributed by atoms with Crippen LogP contribution in [0.1, 0.15) is 17.4 Å². The van der Waals surface area contributed by atoms with Gasteiger partial charge in [0.2, 0.25) is 0 Å². The first-order chi connectivity index (χ1) is 10.7. The van der Waals surface area contributed by atoms with Crippen LogP contribution in [-0.2, 0) is 6.42 Å². The Bertz CT molecular complexity index is 843. The molecule has 1 aromatic heterocycles. The van der Waals surface area contributed by atoms with E-state index in [-0.39, 0.29) is 0 Å². The molecule has 2 aromatic carbocycles. The minimum absolute atomic E-state index is 0.368. The molecule has 0 aliphatic heterocycles. The minimum Gasteiger partial charge on any atom is -0.497 e. The fourth-order valence-electron chi connectivity index (χ4n) is 2.33. The average Bonchev–Trinajstić information content (AvgIpc) is 2.55. The molecule has 1 atom stereocenters. The van der Waals surface area contributed by atoms with Crippen LogP contribution in [0.4, 0.5) is 0 Å². The monoisotopic (exact) mass is 312 g/mol. The maximum absolute atomic E-state index is 10.4. The van der Waals surface area contributed by atoms with Crippen LogP contribution in [0.3, 0.4) is 0 Å². The van der Waals surface area contributed by atoms with E-state index >= 15 is 0 Å². The number of fused-ring (bicyclic) bond motifs is 1. The fraction of sp³-hybridized carbons (Fsp3) is 0.176. The standard InChI is InChI=1S/C17H16N2O2S/c1-21-12-8-6-11(7-9-12)16(20)10-15-17(22)19-14-5-3-2-4-13(14)18-15/h2-9,16,20H,10H2,1H3,(H,19,22). The van der Waals surface area contributed by atoms with Gasteiger partial charge in [-0.15, -0.1) is 0 Å². The molecular weight excluding hydrogens is 296 g/mol. The molecule has 1 unspecified atom stereocenters. The number of para-hydroxylation sites is 2. The van der Waals surface area contributed by atoms with Crippen LogP contribution in [0.25, 0.3) is 11.0 Å². The number of H-pyrrole nitrogens is 1. The lowest BCUT2D eigenvalue weighted by Crippen LogP contribution is -2.05. The normalized spacial score (nSPS) is 12.3. The van der Waals surface area contributed by atoms with E-state index < -0.39 is 6.10 Å². The highest BCUT2D eigenvalue weighted by Gasteiger charge is 2.12. The Labute approximate surface area is 133 Å². The number of hydrogen-bond acceptors (Lipinski definition) is 4. The summed E-state index contributed by atoms with van der Waals surface area (Å²) in [4.78, 5) is 7.71. The number of aromatic nitrogens is 2. The quantitative estimate of drug-likeness (QED) is 0.723. The van der Waals surface area contributed by atoms with Gasteiger partial charge in [0.25, 0.3) is 0 Å². The van der Waals surface area contributed by atoms with Crippen molar-refractivity contribution < 1.29 is 9.84 Å². The van der Waals surface area contributed by atoms with Gasteiger partial charge in [0, 0.05) is 6.42 Å². The molecule has 0 spiro atoms. The highest BCUT2D eigenvalue weighted by molar-refractivity contribution is 7.71. The molecule has 1 heterocycles. The largest absolute Gasteiger partial charge is 0.497 e. The smallest absolute Gasteiger partial charge is 0.125 e. The van der Waals surface area contributed by atoms with Crippen LogP contribution in [-0.4, -0.2) is 22.2 Å². The summed E-state index contributed by atoms with van der Waals surface area (Å²) in [7, 11) is 1.61. The number of benzene rings is 2. The molecule has 0 aliphatic carbocycles. The van der Waals surface area contributed by atoms with Gasteiger partial charge < -0.3 is 14.8 Å². The highest BCUT2D eigenvalue weighted by atomic mass is 32.1. The summed E-state index contributed by atoms with van der Waals surface area (Å²) in [6.45, 7) is 0. The lowest BCUT2D eigenvalue weighted by atomic mass is 10.0. The van der Waals surface area contributed by atoms with E-state index in [1.807, 2.05) is 48.5 Å². The van der Waals surface area contributed by atoms with E-state index in [1.165, 1.54) is 0 Å².